The van der Waals surface area contributed by atoms with Crippen molar-refractivity contribution in [2.24, 2.45) is 0 Å². The first-order valence-electron chi connectivity index (χ1n) is 8.97. The molecule has 2 aromatic rings. The summed E-state index contributed by atoms with van der Waals surface area (Å²) >= 11 is 0. The number of aromatic amines is 1. The van der Waals surface area contributed by atoms with Crippen LogP contribution in [0.1, 0.15) is 40.8 Å². The molecule has 0 unspecified atom stereocenters. The molecule has 0 aliphatic carbocycles. The molecule has 1 aromatic heterocycles. The number of morpholine rings is 1. The van der Waals surface area contributed by atoms with Crippen LogP contribution in [0.2, 0.25) is 0 Å². The minimum atomic E-state index is -0.159. The van der Waals surface area contributed by atoms with Gasteiger partial charge >= 0.3 is 0 Å². The predicted molar refractivity (Wildman–Crippen MR) is 95.8 cm³/mol. The number of imidazole rings is 1. The number of ether oxygens (including phenoxy) is 1. The third kappa shape index (κ3) is 3.26. The lowest BCUT2D eigenvalue weighted by Gasteiger charge is -2.34. The molecule has 132 valence electrons. The summed E-state index contributed by atoms with van der Waals surface area (Å²) in [6.07, 6.45) is 4.29. The van der Waals surface area contributed by atoms with E-state index in [1.807, 2.05) is 24.0 Å². The van der Waals surface area contributed by atoms with Gasteiger partial charge in [0.25, 0.3) is 5.91 Å². The van der Waals surface area contributed by atoms with Crippen LogP contribution in [-0.4, -0.2) is 53.6 Å². The second kappa shape index (κ2) is 6.88. The number of aromatic nitrogens is 2. The van der Waals surface area contributed by atoms with Gasteiger partial charge in [0.1, 0.15) is 11.9 Å². The summed E-state index contributed by atoms with van der Waals surface area (Å²) < 4.78 is 5.59. The maximum absolute atomic E-state index is 13.0. The van der Waals surface area contributed by atoms with E-state index in [9.17, 15) is 4.79 Å². The Labute approximate surface area is 147 Å². The van der Waals surface area contributed by atoms with Gasteiger partial charge in [-0.25, -0.2) is 4.98 Å². The second-order valence-electron chi connectivity index (χ2n) is 6.78. The van der Waals surface area contributed by atoms with Crippen LogP contribution in [0.3, 0.4) is 0 Å². The molecule has 3 heterocycles. The first kappa shape index (κ1) is 16.1. The molecule has 1 amide bonds. The first-order valence-corrected chi connectivity index (χ1v) is 8.97. The van der Waals surface area contributed by atoms with Crippen molar-refractivity contribution < 1.29 is 9.53 Å². The first-order chi connectivity index (χ1) is 12.2. The van der Waals surface area contributed by atoms with Crippen molar-refractivity contribution in [2.75, 3.05) is 37.7 Å². The van der Waals surface area contributed by atoms with Gasteiger partial charge in [0.15, 0.2) is 0 Å². The molecule has 25 heavy (non-hydrogen) atoms. The van der Waals surface area contributed by atoms with E-state index in [2.05, 4.69) is 27.0 Å². The minimum absolute atomic E-state index is 0.0373. The zero-order valence-electron chi connectivity index (χ0n) is 14.6. The van der Waals surface area contributed by atoms with Gasteiger partial charge in [-0.1, -0.05) is 0 Å². The van der Waals surface area contributed by atoms with Gasteiger partial charge in [-0.3, -0.25) is 4.79 Å². The highest BCUT2D eigenvalue weighted by Gasteiger charge is 2.31. The normalized spacial score (nSPS) is 20.9. The molecule has 0 bridgehead atoms. The third-order valence-electron chi connectivity index (χ3n) is 5.01. The number of nitrogens with zero attached hydrogens (tertiary/aromatic N) is 3. The van der Waals surface area contributed by atoms with E-state index in [-0.39, 0.29) is 11.9 Å². The molecule has 2 fully saturated rings. The quantitative estimate of drug-likeness (QED) is 0.933. The van der Waals surface area contributed by atoms with Crippen LogP contribution in [-0.2, 0) is 4.74 Å². The average Bonchev–Trinajstić information content (AvgIpc) is 3.33. The Hall–Kier alpha value is -2.34. The van der Waals surface area contributed by atoms with E-state index in [1.165, 1.54) is 18.5 Å². The van der Waals surface area contributed by atoms with Crippen molar-refractivity contribution in [3.63, 3.8) is 0 Å². The summed E-state index contributed by atoms with van der Waals surface area (Å²) in [7, 11) is 0. The molecule has 2 aliphatic heterocycles. The lowest BCUT2D eigenvalue weighted by molar-refractivity contribution is -0.00500. The summed E-state index contributed by atoms with van der Waals surface area (Å²) in [5.41, 5.74) is 2.91. The second-order valence-corrected chi connectivity index (χ2v) is 6.78. The molecular weight excluding hydrogens is 316 g/mol. The smallest absolute Gasteiger partial charge is 0.254 e. The number of anilines is 1. The lowest BCUT2D eigenvalue weighted by Crippen LogP contribution is -2.43. The maximum atomic E-state index is 13.0. The van der Waals surface area contributed by atoms with Crippen LogP contribution in [0, 0.1) is 6.92 Å². The Bertz CT molecular complexity index is 734. The number of benzene rings is 1. The van der Waals surface area contributed by atoms with Gasteiger partial charge in [-0.15, -0.1) is 0 Å². The Kier molecular flexibility index (Phi) is 4.44. The zero-order valence-corrected chi connectivity index (χ0v) is 14.6. The van der Waals surface area contributed by atoms with Gasteiger partial charge in [0, 0.05) is 42.8 Å². The maximum Gasteiger partial charge on any atom is 0.254 e. The molecular formula is C19H24N4O2. The van der Waals surface area contributed by atoms with Crippen molar-refractivity contribution in [1.29, 1.82) is 0 Å². The van der Waals surface area contributed by atoms with E-state index < -0.39 is 0 Å². The number of amides is 1. The number of rotatable bonds is 3. The molecule has 0 radical (unpaired) electrons. The van der Waals surface area contributed by atoms with Crippen LogP contribution >= 0.6 is 0 Å². The van der Waals surface area contributed by atoms with E-state index in [0.29, 0.717) is 19.8 Å². The van der Waals surface area contributed by atoms with Crippen LogP contribution in [0.15, 0.2) is 30.5 Å². The van der Waals surface area contributed by atoms with Crippen molar-refractivity contribution in [1.82, 2.24) is 14.9 Å². The third-order valence-corrected chi connectivity index (χ3v) is 5.01. The lowest BCUT2D eigenvalue weighted by atomic mass is 10.1. The molecule has 6 heteroatoms. The highest BCUT2D eigenvalue weighted by atomic mass is 16.5. The number of aryl methyl sites for hydroxylation is 1. The van der Waals surface area contributed by atoms with E-state index in [4.69, 9.17) is 4.74 Å². The van der Waals surface area contributed by atoms with Gasteiger partial charge in [-0.2, -0.15) is 0 Å². The van der Waals surface area contributed by atoms with Crippen LogP contribution in [0.25, 0.3) is 0 Å². The molecule has 0 saturated carbocycles. The van der Waals surface area contributed by atoms with E-state index >= 15 is 0 Å². The summed E-state index contributed by atoms with van der Waals surface area (Å²) in [5, 5.41) is 0. The molecule has 1 atom stereocenters. The van der Waals surface area contributed by atoms with E-state index in [1.54, 1.807) is 6.20 Å². The van der Waals surface area contributed by atoms with Crippen molar-refractivity contribution in [2.45, 2.75) is 25.8 Å². The average molecular weight is 340 g/mol. The van der Waals surface area contributed by atoms with Crippen molar-refractivity contribution >= 4 is 11.6 Å². The summed E-state index contributed by atoms with van der Waals surface area (Å²) in [4.78, 5) is 24.9. The topological polar surface area (TPSA) is 61.5 Å². The molecule has 6 nitrogen and oxygen atoms in total. The molecule has 0 spiro atoms. The molecule has 2 aliphatic rings. The SMILES string of the molecule is Cc1cnc([C@H]2COCCN2C(=O)c2ccc(N3CCCC3)cc2)[nH]1. The zero-order chi connectivity index (χ0) is 17.2. The van der Waals surface area contributed by atoms with Crippen LogP contribution in [0.5, 0.6) is 0 Å². The molecule has 1 aromatic carbocycles. The molecule has 4 rings (SSSR count). The Morgan fingerprint density at radius 3 is 2.64 bits per heavy atom. The molecule has 1 N–H and O–H groups in total. The largest absolute Gasteiger partial charge is 0.377 e. The fraction of sp³-hybridized carbons (Fsp3) is 0.474. The number of carbonyl (C=O) groups is 1. The monoisotopic (exact) mass is 340 g/mol. The van der Waals surface area contributed by atoms with Gasteiger partial charge < -0.3 is 19.5 Å². The number of carbonyl (C=O) groups excluding carboxylic acids is 1. The Morgan fingerprint density at radius 2 is 1.96 bits per heavy atom. The number of hydrogen-bond acceptors (Lipinski definition) is 4. The Morgan fingerprint density at radius 1 is 1.20 bits per heavy atom. The summed E-state index contributed by atoms with van der Waals surface area (Å²) in [6.45, 7) is 5.80. The fourth-order valence-corrected chi connectivity index (χ4v) is 3.63. The summed E-state index contributed by atoms with van der Waals surface area (Å²) in [6, 6.07) is 7.84. The fourth-order valence-electron chi connectivity index (χ4n) is 3.63. The number of hydrogen-bond donors (Lipinski definition) is 1. The summed E-state index contributed by atoms with van der Waals surface area (Å²) in [5.74, 6) is 0.828. The predicted octanol–water partition coefficient (Wildman–Crippen LogP) is 2.53. The van der Waals surface area contributed by atoms with Gasteiger partial charge in [0.05, 0.1) is 13.2 Å². The number of nitrogens with one attached hydrogen (secondary N) is 1. The highest BCUT2D eigenvalue weighted by molar-refractivity contribution is 5.95. The highest BCUT2D eigenvalue weighted by Crippen LogP contribution is 2.26. The van der Waals surface area contributed by atoms with Crippen molar-refractivity contribution in [3.05, 3.63) is 47.5 Å². The Balaban J connectivity index is 1.53. The molecule has 2 saturated heterocycles. The number of H-pyrrole nitrogens is 1. The minimum Gasteiger partial charge on any atom is -0.377 e. The van der Waals surface area contributed by atoms with Crippen LogP contribution < -0.4 is 4.90 Å². The van der Waals surface area contributed by atoms with Gasteiger partial charge in [0.2, 0.25) is 0 Å². The van der Waals surface area contributed by atoms with E-state index in [0.717, 1.165) is 30.2 Å². The van der Waals surface area contributed by atoms with Gasteiger partial charge in [-0.05, 0) is 44.0 Å². The van der Waals surface area contributed by atoms with Crippen molar-refractivity contribution in [3.8, 4) is 0 Å². The standard InChI is InChI=1S/C19H24N4O2/c1-14-12-20-18(21-14)17-13-25-11-10-23(17)19(24)15-4-6-16(7-5-15)22-8-2-3-9-22/h4-7,12,17H,2-3,8-11,13H2,1H3,(H,20,21)/t17-/m1/s1. The van der Waals surface area contributed by atoms with Crippen LogP contribution in [0.4, 0.5) is 5.69 Å².